The van der Waals surface area contributed by atoms with E-state index >= 15 is 0 Å². The SMILES string of the molecule is C=CC(=O)n1ccc2cc(C(C)C)ccc21. The van der Waals surface area contributed by atoms with E-state index in [4.69, 9.17) is 0 Å². The van der Waals surface area contributed by atoms with Gasteiger partial charge in [0.1, 0.15) is 0 Å². The van der Waals surface area contributed by atoms with Gasteiger partial charge >= 0.3 is 0 Å². The van der Waals surface area contributed by atoms with Crippen LogP contribution in [0.3, 0.4) is 0 Å². The molecule has 0 radical (unpaired) electrons. The molecule has 0 fully saturated rings. The standard InChI is InChI=1S/C14H15NO/c1-4-14(16)15-8-7-12-9-11(10(2)3)5-6-13(12)15/h4-10H,1H2,2-3H3. The van der Waals surface area contributed by atoms with E-state index in [0.29, 0.717) is 5.92 Å². The van der Waals surface area contributed by atoms with Crippen molar-refractivity contribution in [2.24, 2.45) is 0 Å². The van der Waals surface area contributed by atoms with Crippen LogP contribution in [0.2, 0.25) is 0 Å². The maximum Gasteiger partial charge on any atom is 0.254 e. The predicted molar refractivity (Wildman–Crippen MR) is 66.9 cm³/mol. The molecule has 0 N–H and O–H groups in total. The number of nitrogens with zero attached hydrogens (tertiary/aromatic N) is 1. The summed E-state index contributed by atoms with van der Waals surface area (Å²) < 4.78 is 1.62. The highest BCUT2D eigenvalue weighted by Crippen LogP contribution is 2.22. The summed E-state index contributed by atoms with van der Waals surface area (Å²) in [7, 11) is 0. The molecule has 0 amide bonds. The summed E-state index contributed by atoms with van der Waals surface area (Å²) in [6.45, 7) is 7.82. The van der Waals surface area contributed by atoms with E-state index in [1.54, 1.807) is 10.8 Å². The number of carbonyl (C=O) groups excluding carboxylic acids is 1. The molecule has 0 unspecified atom stereocenters. The highest BCUT2D eigenvalue weighted by Gasteiger charge is 2.07. The van der Waals surface area contributed by atoms with Gasteiger partial charge in [-0.05, 0) is 35.8 Å². The zero-order valence-electron chi connectivity index (χ0n) is 9.60. The van der Waals surface area contributed by atoms with Crippen LogP contribution in [-0.4, -0.2) is 10.5 Å². The highest BCUT2D eigenvalue weighted by molar-refractivity contribution is 5.97. The molecule has 0 bridgehead atoms. The first-order chi connectivity index (χ1) is 7.63. The second-order valence-corrected chi connectivity index (χ2v) is 4.20. The van der Waals surface area contributed by atoms with Crippen molar-refractivity contribution in [2.45, 2.75) is 19.8 Å². The molecule has 16 heavy (non-hydrogen) atoms. The van der Waals surface area contributed by atoms with Gasteiger partial charge in [-0.2, -0.15) is 0 Å². The Morgan fingerprint density at radius 3 is 2.75 bits per heavy atom. The summed E-state index contributed by atoms with van der Waals surface area (Å²) in [5.41, 5.74) is 2.23. The molecule has 2 rings (SSSR count). The maximum atomic E-state index is 11.6. The summed E-state index contributed by atoms with van der Waals surface area (Å²) in [6, 6.07) is 8.15. The molecule has 0 aliphatic rings. The summed E-state index contributed by atoms with van der Waals surface area (Å²) >= 11 is 0. The molecule has 0 saturated heterocycles. The van der Waals surface area contributed by atoms with E-state index < -0.39 is 0 Å². The zero-order chi connectivity index (χ0) is 11.7. The molecule has 82 valence electrons. The van der Waals surface area contributed by atoms with E-state index in [1.165, 1.54) is 11.6 Å². The molecule has 0 aliphatic carbocycles. The fourth-order valence-electron chi connectivity index (χ4n) is 1.81. The van der Waals surface area contributed by atoms with Gasteiger partial charge in [0.15, 0.2) is 0 Å². The van der Waals surface area contributed by atoms with Gasteiger partial charge in [-0.25, -0.2) is 0 Å². The fraction of sp³-hybridized carbons (Fsp3) is 0.214. The van der Waals surface area contributed by atoms with Crippen LogP contribution < -0.4 is 0 Å². The summed E-state index contributed by atoms with van der Waals surface area (Å²) in [4.78, 5) is 11.6. The van der Waals surface area contributed by atoms with E-state index in [1.807, 2.05) is 12.1 Å². The molecule has 1 aromatic carbocycles. The van der Waals surface area contributed by atoms with Gasteiger partial charge in [0.25, 0.3) is 5.91 Å². The topological polar surface area (TPSA) is 22.0 Å². The van der Waals surface area contributed by atoms with Gasteiger partial charge in [0, 0.05) is 11.6 Å². The third kappa shape index (κ3) is 1.67. The Labute approximate surface area is 95.2 Å². The number of aromatic nitrogens is 1. The minimum Gasteiger partial charge on any atom is -0.284 e. The van der Waals surface area contributed by atoms with Crippen molar-refractivity contribution in [1.29, 1.82) is 0 Å². The van der Waals surface area contributed by atoms with Crippen LogP contribution in [0.5, 0.6) is 0 Å². The molecular weight excluding hydrogens is 198 g/mol. The van der Waals surface area contributed by atoms with Crippen LogP contribution >= 0.6 is 0 Å². The van der Waals surface area contributed by atoms with Crippen LogP contribution in [0.1, 0.15) is 30.1 Å². The predicted octanol–water partition coefficient (Wildman–Crippen LogP) is 3.59. The Bertz CT molecular complexity index is 549. The number of carbonyl (C=O) groups is 1. The van der Waals surface area contributed by atoms with Crippen LogP contribution in [0.4, 0.5) is 0 Å². The van der Waals surface area contributed by atoms with Crippen molar-refractivity contribution in [3.8, 4) is 0 Å². The average molecular weight is 213 g/mol. The van der Waals surface area contributed by atoms with E-state index in [-0.39, 0.29) is 5.91 Å². The Balaban J connectivity index is 2.59. The lowest BCUT2D eigenvalue weighted by Gasteiger charge is -2.05. The van der Waals surface area contributed by atoms with Crippen LogP contribution in [-0.2, 0) is 0 Å². The zero-order valence-corrected chi connectivity index (χ0v) is 9.60. The molecule has 2 aromatic rings. The first-order valence-electron chi connectivity index (χ1n) is 5.41. The second kappa shape index (κ2) is 3.97. The highest BCUT2D eigenvalue weighted by atomic mass is 16.1. The van der Waals surface area contributed by atoms with Crippen molar-refractivity contribution < 1.29 is 4.79 Å². The molecule has 0 aliphatic heterocycles. The Morgan fingerprint density at radius 2 is 2.12 bits per heavy atom. The minimum absolute atomic E-state index is 0.0905. The van der Waals surface area contributed by atoms with Gasteiger partial charge in [-0.1, -0.05) is 26.5 Å². The molecule has 0 saturated carbocycles. The monoisotopic (exact) mass is 213 g/mol. The van der Waals surface area contributed by atoms with Crippen molar-refractivity contribution >= 4 is 16.8 Å². The lowest BCUT2D eigenvalue weighted by molar-refractivity contribution is 0.0974. The lowest BCUT2D eigenvalue weighted by Crippen LogP contribution is -2.04. The summed E-state index contributed by atoms with van der Waals surface area (Å²) in [5.74, 6) is 0.412. The molecule has 0 spiro atoms. The fourth-order valence-corrected chi connectivity index (χ4v) is 1.81. The maximum absolute atomic E-state index is 11.6. The number of rotatable bonds is 2. The van der Waals surface area contributed by atoms with Crippen molar-refractivity contribution in [3.05, 3.63) is 48.7 Å². The summed E-state index contributed by atoms with van der Waals surface area (Å²) in [6.07, 6.45) is 3.12. The van der Waals surface area contributed by atoms with Crippen LogP contribution in [0.25, 0.3) is 10.9 Å². The van der Waals surface area contributed by atoms with Crippen LogP contribution in [0, 0.1) is 0 Å². The Kier molecular flexibility index (Phi) is 2.65. The number of allylic oxidation sites excluding steroid dienone is 1. The molecule has 2 heteroatoms. The van der Waals surface area contributed by atoms with Gasteiger partial charge in [0.05, 0.1) is 5.52 Å². The number of fused-ring (bicyclic) bond motifs is 1. The quantitative estimate of drug-likeness (QED) is 0.699. The smallest absolute Gasteiger partial charge is 0.254 e. The lowest BCUT2D eigenvalue weighted by atomic mass is 10.0. The normalized spacial score (nSPS) is 10.9. The molecule has 1 heterocycles. The third-order valence-electron chi connectivity index (χ3n) is 2.79. The van der Waals surface area contributed by atoms with E-state index in [9.17, 15) is 4.79 Å². The van der Waals surface area contributed by atoms with Gasteiger partial charge in [0.2, 0.25) is 0 Å². The van der Waals surface area contributed by atoms with Gasteiger partial charge in [-0.3, -0.25) is 9.36 Å². The van der Waals surface area contributed by atoms with Crippen molar-refractivity contribution in [1.82, 2.24) is 4.57 Å². The molecule has 2 nitrogen and oxygen atoms in total. The third-order valence-corrected chi connectivity index (χ3v) is 2.79. The molecular formula is C14H15NO. The number of hydrogen-bond donors (Lipinski definition) is 0. The summed E-state index contributed by atoms with van der Waals surface area (Å²) in [5, 5.41) is 1.10. The average Bonchev–Trinajstić information content (AvgIpc) is 2.70. The Hall–Kier alpha value is -1.83. The molecule has 0 atom stereocenters. The van der Waals surface area contributed by atoms with Gasteiger partial charge < -0.3 is 0 Å². The van der Waals surface area contributed by atoms with E-state index in [0.717, 1.165) is 10.9 Å². The minimum atomic E-state index is -0.0905. The molecule has 1 aromatic heterocycles. The van der Waals surface area contributed by atoms with Gasteiger partial charge in [-0.15, -0.1) is 0 Å². The van der Waals surface area contributed by atoms with E-state index in [2.05, 4.69) is 32.6 Å². The van der Waals surface area contributed by atoms with Crippen LogP contribution in [0.15, 0.2) is 43.1 Å². The largest absolute Gasteiger partial charge is 0.284 e. The van der Waals surface area contributed by atoms with Crippen molar-refractivity contribution in [2.75, 3.05) is 0 Å². The first-order valence-corrected chi connectivity index (χ1v) is 5.41. The second-order valence-electron chi connectivity index (χ2n) is 4.20. The number of hydrogen-bond acceptors (Lipinski definition) is 1. The number of benzene rings is 1. The first kappa shape index (κ1) is 10.7. The Morgan fingerprint density at radius 1 is 1.38 bits per heavy atom. The van der Waals surface area contributed by atoms with Crippen molar-refractivity contribution in [3.63, 3.8) is 0 Å².